The van der Waals surface area contributed by atoms with Crippen molar-refractivity contribution in [3.8, 4) is 11.4 Å². The summed E-state index contributed by atoms with van der Waals surface area (Å²) in [6.45, 7) is 4.87. The molecule has 1 aliphatic rings. The van der Waals surface area contributed by atoms with Crippen LogP contribution in [0.25, 0.3) is 11.4 Å². The van der Waals surface area contributed by atoms with Crippen LogP contribution in [-0.2, 0) is 17.8 Å². The van der Waals surface area contributed by atoms with Crippen LogP contribution in [0.4, 0.5) is 0 Å². The number of rotatable bonds is 3. The van der Waals surface area contributed by atoms with E-state index in [9.17, 15) is 4.79 Å². The minimum atomic E-state index is -0.702. The minimum Gasteiger partial charge on any atom is -0.340 e. The zero-order valence-corrected chi connectivity index (χ0v) is 14.9. The molecule has 4 N–H and O–H groups in total. The van der Waals surface area contributed by atoms with E-state index in [1.807, 2.05) is 44.2 Å². The number of aromatic amines is 2. The number of carbonyl (C=O) groups excluding carboxylic acids is 1. The normalized spacial score (nSPS) is 15.0. The Morgan fingerprint density at radius 3 is 2.73 bits per heavy atom. The summed E-state index contributed by atoms with van der Waals surface area (Å²) in [5, 5.41) is 7.04. The molecular weight excluding hydrogens is 328 g/mol. The van der Waals surface area contributed by atoms with E-state index >= 15 is 0 Å². The summed E-state index contributed by atoms with van der Waals surface area (Å²) < 4.78 is 0. The van der Waals surface area contributed by atoms with Crippen molar-refractivity contribution in [1.29, 1.82) is 0 Å². The smallest absolute Gasteiger partial charge is 0.244 e. The fourth-order valence-corrected chi connectivity index (χ4v) is 3.55. The molecule has 0 saturated heterocycles. The van der Waals surface area contributed by atoms with Crippen LogP contribution >= 0.6 is 0 Å². The number of aryl methyl sites for hydroxylation is 2. The highest BCUT2D eigenvalue weighted by Crippen LogP contribution is 2.25. The Morgan fingerprint density at radius 2 is 2.04 bits per heavy atom. The number of nitrogens with zero attached hydrogens (tertiary/aromatic N) is 3. The van der Waals surface area contributed by atoms with Gasteiger partial charge in [-0.05, 0) is 13.8 Å². The minimum absolute atomic E-state index is 0.0842. The van der Waals surface area contributed by atoms with E-state index in [4.69, 9.17) is 10.7 Å². The van der Waals surface area contributed by atoms with E-state index in [1.54, 1.807) is 4.90 Å². The summed E-state index contributed by atoms with van der Waals surface area (Å²) in [5.41, 5.74) is 11.7. The van der Waals surface area contributed by atoms with Gasteiger partial charge in [0.2, 0.25) is 5.91 Å². The van der Waals surface area contributed by atoms with Gasteiger partial charge in [-0.15, -0.1) is 0 Å². The number of nitrogens with two attached hydrogens (primary N) is 1. The third kappa shape index (κ3) is 2.80. The van der Waals surface area contributed by atoms with Crippen molar-refractivity contribution < 1.29 is 4.79 Å². The van der Waals surface area contributed by atoms with Gasteiger partial charge in [-0.2, -0.15) is 5.10 Å². The molecule has 1 aromatic carbocycles. The van der Waals surface area contributed by atoms with E-state index in [2.05, 4.69) is 15.2 Å². The highest BCUT2D eigenvalue weighted by atomic mass is 16.2. The zero-order valence-electron chi connectivity index (χ0n) is 14.9. The summed E-state index contributed by atoms with van der Waals surface area (Å²) in [7, 11) is 0. The molecule has 0 spiro atoms. The number of nitrogens with one attached hydrogen (secondary N) is 2. The Labute approximate surface area is 151 Å². The maximum Gasteiger partial charge on any atom is 0.244 e. The maximum atomic E-state index is 12.9. The lowest BCUT2D eigenvalue weighted by molar-refractivity contribution is -0.133. The Hall–Kier alpha value is -2.93. The SMILES string of the molecule is Cc1n[nH]c(C)c1[C@H](N)C(=O)N1CCc2nc(-c3ccccc3)[nH]c2C1. The van der Waals surface area contributed by atoms with Crippen molar-refractivity contribution in [3.63, 3.8) is 0 Å². The van der Waals surface area contributed by atoms with E-state index in [-0.39, 0.29) is 5.91 Å². The molecular formula is C19H22N6O. The second-order valence-corrected chi connectivity index (χ2v) is 6.71. The fraction of sp³-hybridized carbons (Fsp3) is 0.316. The Kier molecular flexibility index (Phi) is 4.08. The Morgan fingerprint density at radius 1 is 1.27 bits per heavy atom. The van der Waals surface area contributed by atoms with Crippen LogP contribution in [0.3, 0.4) is 0 Å². The first-order chi connectivity index (χ1) is 12.5. The van der Waals surface area contributed by atoms with Crippen LogP contribution in [0.15, 0.2) is 30.3 Å². The van der Waals surface area contributed by atoms with Gasteiger partial charge < -0.3 is 15.6 Å². The molecule has 0 fully saturated rings. The summed E-state index contributed by atoms with van der Waals surface area (Å²) in [6.07, 6.45) is 0.723. The highest BCUT2D eigenvalue weighted by Gasteiger charge is 2.30. The van der Waals surface area contributed by atoms with Crippen LogP contribution < -0.4 is 5.73 Å². The van der Waals surface area contributed by atoms with Crippen molar-refractivity contribution in [2.75, 3.05) is 6.54 Å². The number of carbonyl (C=O) groups is 1. The fourth-order valence-electron chi connectivity index (χ4n) is 3.55. The Bertz CT molecular complexity index is 923. The summed E-state index contributed by atoms with van der Waals surface area (Å²) in [4.78, 5) is 22.8. The van der Waals surface area contributed by atoms with Crippen LogP contribution in [0, 0.1) is 13.8 Å². The predicted molar refractivity (Wildman–Crippen MR) is 98.1 cm³/mol. The summed E-state index contributed by atoms with van der Waals surface area (Å²) >= 11 is 0. The van der Waals surface area contributed by atoms with Crippen molar-refractivity contribution in [2.24, 2.45) is 5.73 Å². The van der Waals surface area contributed by atoms with E-state index in [1.165, 1.54) is 0 Å². The molecule has 3 aromatic rings. The monoisotopic (exact) mass is 350 g/mol. The van der Waals surface area contributed by atoms with E-state index in [0.717, 1.165) is 46.1 Å². The molecule has 1 atom stereocenters. The van der Waals surface area contributed by atoms with Gasteiger partial charge in [-0.25, -0.2) is 4.98 Å². The zero-order chi connectivity index (χ0) is 18.3. The van der Waals surface area contributed by atoms with E-state index < -0.39 is 6.04 Å². The molecule has 4 rings (SSSR count). The molecule has 1 amide bonds. The van der Waals surface area contributed by atoms with Gasteiger partial charge in [0.25, 0.3) is 0 Å². The number of hydrogen-bond donors (Lipinski definition) is 3. The average Bonchev–Trinajstić information content (AvgIpc) is 3.23. The van der Waals surface area contributed by atoms with Crippen molar-refractivity contribution in [1.82, 2.24) is 25.1 Å². The van der Waals surface area contributed by atoms with Gasteiger partial charge in [-0.3, -0.25) is 9.89 Å². The van der Waals surface area contributed by atoms with Crippen LogP contribution in [-0.4, -0.2) is 37.5 Å². The molecule has 0 saturated carbocycles. The molecule has 3 heterocycles. The third-order valence-electron chi connectivity index (χ3n) is 4.95. The number of benzene rings is 1. The molecule has 134 valence electrons. The number of aromatic nitrogens is 4. The van der Waals surface area contributed by atoms with Crippen molar-refractivity contribution in [3.05, 3.63) is 58.7 Å². The van der Waals surface area contributed by atoms with Crippen LogP contribution in [0.1, 0.15) is 34.4 Å². The van der Waals surface area contributed by atoms with Gasteiger partial charge >= 0.3 is 0 Å². The molecule has 0 radical (unpaired) electrons. The second-order valence-electron chi connectivity index (χ2n) is 6.71. The maximum absolute atomic E-state index is 12.9. The first-order valence-electron chi connectivity index (χ1n) is 8.73. The molecule has 0 unspecified atom stereocenters. The first kappa shape index (κ1) is 16.5. The molecule has 2 aromatic heterocycles. The lowest BCUT2D eigenvalue weighted by Gasteiger charge is -2.28. The lowest BCUT2D eigenvalue weighted by atomic mass is 10.0. The highest BCUT2D eigenvalue weighted by molar-refractivity contribution is 5.83. The second kappa shape index (κ2) is 6.42. The molecule has 7 heteroatoms. The molecule has 0 aliphatic carbocycles. The molecule has 0 bridgehead atoms. The molecule has 26 heavy (non-hydrogen) atoms. The van der Waals surface area contributed by atoms with Gasteiger partial charge in [0.1, 0.15) is 11.9 Å². The lowest BCUT2D eigenvalue weighted by Crippen LogP contribution is -2.41. The quantitative estimate of drug-likeness (QED) is 0.672. The van der Waals surface area contributed by atoms with Crippen molar-refractivity contribution in [2.45, 2.75) is 32.9 Å². The van der Waals surface area contributed by atoms with E-state index in [0.29, 0.717) is 13.1 Å². The van der Waals surface area contributed by atoms with Gasteiger partial charge in [0, 0.05) is 29.8 Å². The molecule has 7 nitrogen and oxygen atoms in total. The van der Waals surface area contributed by atoms with Gasteiger partial charge in [-0.1, -0.05) is 30.3 Å². The first-order valence-corrected chi connectivity index (χ1v) is 8.73. The summed E-state index contributed by atoms with van der Waals surface area (Å²) in [5.74, 6) is 0.759. The van der Waals surface area contributed by atoms with Gasteiger partial charge in [0.15, 0.2) is 0 Å². The number of fused-ring (bicyclic) bond motifs is 1. The topological polar surface area (TPSA) is 104 Å². The van der Waals surface area contributed by atoms with Crippen molar-refractivity contribution >= 4 is 5.91 Å². The summed E-state index contributed by atoms with van der Waals surface area (Å²) in [6, 6.07) is 9.30. The number of hydrogen-bond acceptors (Lipinski definition) is 4. The number of imidazole rings is 1. The predicted octanol–water partition coefficient (Wildman–Crippen LogP) is 2.00. The molecule has 1 aliphatic heterocycles. The van der Waals surface area contributed by atoms with Gasteiger partial charge in [0.05, 0.1) is 23.6 Å². The Balaban J connectivity index is 1.55. The standard InChI is InChI=1S/C19H22N6O/c1-11-16(12(2)24-23-11)17(20)19(26)25-9-8-14-15(10-25)22-18(21-14)13-6-4-3-5-7-13/h3-7,17H,8-10,20H2,1-2H3,(H,21,22)(H,23,24)/t17-/m0/s1. The van der Waals surface area contributed by atoms with Crippen LogP contribution in [0.5, 0.6) is 0 Å². The number of H-pyrrole nitrogens is 2. The number of amides is 1. The largest absolute Gasteiger partial charge is 0.340 e. The van der Waals surface area contributed by atoms with Crippen LogP contribution in [0.2, 0.25) is 0 Å². The average molecular weight is 350 g/mol. The third-order valence-corrected chi connectivity index (χ3v) is 4.95.